The van der Waals surface area contributed by atoms with Crippen LogP contribution in [0.25, 0.3) is 33.9 Å². The summed E-state index contributed by atoms with van der Waals surface area (Å²) in [4.78, 5) is 33.7. The molecule has 0 radical (unpaired) electrons. The number of aromatic amines is 1. The van der Waals surface area contributed by atoms with E-state index in [4.69, 9.17) is 9.47 Å². The van der Waals surface area contributed by atoms with Gasteiger partial charge < -0.3 is 14.8 Å². The van der Waals surface area contributed by atoms with Gasteiger partial charge in [0.25, 0.3) is 5.56 Å². The third kappa shape index (κ3) is 5.40. The van der Waals surface area contributed by atoms with E-state index in [1.54, 1.807) is 38.5 Å². The van der Waals surface area contributed by atoms with Crippen molar-refractivity contribution >= 4 is 29.1 Å². The van der Waals surface area contributed by atoms with Crippen LogP contribution in [0.2, 0.25) is 0 Å². The Morgan fingerprint density at radius 2 is 1.79 bits per heavy atom. The number of anilines is 1. The molecule has 0 spiro atoms. The van der Waals surface area contributed by atoms with Gasteiger partial charge in [0.1, 0.15) is 11.5 Å². The topological polar surface area (TPSA) is 111 Å². The lowest BCUT2D eigenvalue weighted by atomic mass is 10.1. The van der Waals surface area contributed by atoms with Crippen molar-refractivity contribution in [2.75, 3.05) is 19.5 Å². The molecule has 190 valence electrons. The molecule has 2 aromatic carbocycles. The number of rotatable bonds is 8. The number of aromatic nitrogens is 4. The van der Waals surface area contributed by atoms with Gasteiger partial charge in [0, 0.05) is 23.8 Å². The maximum absolute atomic E-state index is 12.9. The van der Waals surface area contributed by atoms with Crippen molar-refractivity contribution in [3.05, 3.63) is 100 Å². The van der Waals surface area contributed by atoms with Crippen LogP contribution in [0, 0.1) is 0 Å². The summed E-state index contributed by atoms with van der Waals surface area (Å²) in [6, 6.07) is 21.7. The highest BCUT2D eigenvalue weighted by atomic mass is 32.1. The van der Waals surface area contributed by atoms with Gasteiger partial charge in [-0.05, 0) is 35.2 Å². The highest BCUT2D eigenvalue weighted by Crippen LogP contribution is 2.29. The van der Waals surface area contributed by atoms with E-state index in [1.165, 1.54) is 28.2 Å². The summed E-state index contributed by atoms with van der Waals surface area (Å²) in [7, 11) is 3.11. The van der Waals surface area contributed by atoms with Gasteiger partial charge in [-0.2, -0.15) is 9.78 Å². The van der Waals surface area contributed by atoms with Gasteiger partial charge in [0.15, 0.2) is 11.5 Å². The second-order valence-corrected chi connectivity index (χ2v) is 9.01. The zero-order chi connectivity index (χ0) is 26.5. The SMILES string of the molecule is COc1ccc(/C=C\C(=O)Nc2cc(-c3cccs3)nn2-c2nc(-c3ccccc3)cc(=O)[nH]2)cc1OC. The number of hydrogen-bond donors (Lipinski definition) is 2. The Hall–Kier alpha value is -4.96. The quantitative estimate of drug-likeness (QED) is 0.275. The van der Waals surface area contributed by atoms with Crippen molar-refractivity contribution in [2.45, 2.75) is 0 Å². The molecule has 0 atom stereocenters. The fraction of sp³-hybridized carbons (Fsp3) is 0.0714. The maximum Gasteiger partial charge on any atom is 0.252 e. The van der Waals surface area contributed by atoms with Crippen molar-refractivity contribution < 1.29 is 14.3 Å². The lowest BCUT2D eigenvalue weighted by Crippen LogP contribution is -2.17. The van der Waals surface area contributed by atoms with E-state index in [0.717, 1.165) is 16.0 Å². The Morgan fingerprint density at radius 3 is 2.53 bits per heavy atom. The first-order valence-corrected chi connectivity index (χ1v) is 12.4. The maximum atomic E-state index is 12.9. The fourth-order valence-corrected chi connectivity index (χ4v) is 4.46. The highest BCUT2D eigenvalue weighted by molar-refractivity contribution is 7.13. The van der Waals surface area contributed by atoms with Gasteiger partial charge >= 0.3 is 0 Å². The van der Waals surface area contributed by atoms with Gasteiger partial charge in [-0.15, -0.1) is 11.3 Å². The number of carbonyl (C=O) groups is 1. The van der Waals surface area contributed by atoms with Crippen LogP contribution in [-0.2, 0) is 4.79 Å². The predicted octanol–water partition coefficient (Wildman–Crippen LogP) is 5.02. The average Bonchev–Trinajstić information content (AvgIpc) is 3.62. The van der Waals surface area contributed by atoms with Gasteiger partial charge in [-0.25, -0.2) is 4.98 Å². The second kappa shape index (κ2) is 11.0. The van der Waals surface area contributed by atoms with Crippen LogP contribution in [0.4, 0.5) is 5.82 Å². The smallest absolute Gasteiger partial charge is 0.252 e. The molecule has 10 heteroatoms. The van der Waals surface area contributed by atoms with Crippen molar-refractivity contribution in [3.63, 3.8) is 0 Å². The normalized spacial score (nSPS) is 11.0. The Morgan fingerprint density at radius 1 is 0.974 bits per heavy atom. The van der Waals surface area contributed by atoms with Crippen molar-refractivity contribution in [1.29, 1.82) is 0 Å². The van der Waals surface area contributed by atoms with Crippen LogP contribution in [0.1, 0.15) is 5.56 Å². The molecule has 38 heavy (non-hydrogen) atoms. The summed E-state index contributed by atoms with van der Waals surface area (Å²) in [6.07, 6.45) is 3.06. The fourth-order valence-electron chi connectivity index (χ4n) is 3.77. The minimum Gasteiger partial charge on any atom is -0.493 e. The van der Waals surface area contributed by atoms with E-state index in [2.05, 4.69) is 20.4 Å². The highest BCUT2D eigenvalue weighted by Gasteiger charge is 2.16. The third-order valence-electron chi connectivity index (χ3n) is 5.57. The molecule has 0 saturated heterocycles. The molecule has 5 rings (SSSR count). The molecule has 0 fully saturated rings. The predicted molar refractivity (Wildman–Crippen MR) is 148 cm³/mol. The zero-order valence-electron chi connectivity index (χ0n) is 20.5. The molecule has 9 nitrogen and oxygen atoms in total. The van der Waals surface area contributed by atoms with Crippen LogP contribution in [0.15, 0.2) is 89.0 Å². The van der Waals surface area contributed by atoms with E-state index in [1.807, 2.05) is 53.9 Å². The lowest BCUT2D eigenvalue weighted by molar-refractivity contribution is -0.111. The molecule has 3 aromatic heterocycles. The summed E-state index contributed by atoms with van der Waals surface area (Å²) >= 11 is 1.51. The molecule has 1 amide bonds. The van der Waals surface area contributed by atoms with E-state index >= 15 is 0 Å². The van der Waals surface area contributed by atoms with Crippen molar-refractivity contribution in [2.24, 2.45) is 0 Å². The van der Waals surface area contributed by atoms with E-state index < -0.39 is 0 Å². The third-order valence-corrected chi connectivity index (χ3v) is 6.46. The molecular weight excluding hydrogens is 502 g/mol. The minimum absolute atomic E-state index is 0.179. The first-order valence-electron chi connectivity index (χ1n) is 11.6. The number of amides is 1. The molecule has 0 aliphatic carbocycles. The molecule has 2 N–H and O–H groups in total. The number of carbonyl (C=O) groups excluding carboxylic acids is 1. The average molecular weight is 526 g/mol. The van der Waals surface area contributed by atoms with Crippen LogP contribution in [-0.4, -0.2) is 39.9 Å². The summed E-state index contributed by atoms with van der Waals surface area (Å²) in [6.45, 7) is 0. The Labute approximate surface area is 222 Å². The van der Waals surface area contributed by atoms with Crippen LogP contribution in [0.5, 0.6) is 11.5 Å². The van der Waals surface area contributed by atoms with Crippen LogP contribution >= 0.6 is 11.3 Å². The molecule has 0 aliphatic heterocycles. The minimum atomic E-state index is -0.389. The lowest BCUT2D eigenvalue weighted by Gasteiger charge is -2.09. The summed E-state index contributed by atoms with van der Waals surface area (Å²) < 4.78 is 12.0. The summed E-state index contributed by atoms with van der Waals surface area (Å²) in [5.74, 6) is 1.29. The number of ether oxygens (including phenoxy) is 2. The van der Waals surface area contributed by atoms with E-state index in [0.29, 0.717) is 28.7 Å². The molecule has 0 aliphatic rings. The number of methoxy groups -OCH3 is 2. The summed E-state index contributed by atoms with van der Waals surface area (Å²) in [5, 5.41) is 9.43. The van der Waals surface area contributed by atoms with Crippen LogP contribution < -0.4 is 20.3 Å². The van der Waals surface area contributed by atoms with Gasteiger partial charge in [-0.1, -0.05) is 42.5 Å². The molecule has 0 unspecified atom stereocenters. The van der Waals surface area contributed by atoms with E-state index in [9.17, 15) is 9.59 Å². The number of thiophene rings is 1. The summed E-state index contributed by atoms with van der Waals surface area (Å²) in [5.41, 5.74) is 2.32. The van der Waals surface area contributed by atoms with Gasteiger partial charge in [0.05, 0.1) is 24.8 Å². The van der Waals surface area contributed by atoms with Crippen molar-refractivity contribution in [3.8, 4) is 39.3 Å². The molecule has 0 bridgehead atoms. The molecule has 5 aromatic rings. The van der Waals surface area contributed by atoms with Crippen LogP contribution in [0.3, 0.4) is 0 Å². The number of H-pyrrole nitrogens is 1. The number of hydrogen-bond acceptors (Lipinski definition) is 7. The molecule has 3 heterocycles. The van der Waals surface area contributed by atoms with E-state index in [-0.39, 0.29) is 17.4 Å². The van der Waals surface area contributed by atoms with Gasteiger partial charge in [0.2, 0.25) is 11.9 Å². The zero-order valence-corrected chi connectivity index (χ0v) is 21.4. The number of benzene rings is 2. The second-order valence-electron chi connectivity index (χ2n) is 8.06. The number of nitrogens with one attached hydrogen (secondary N) is 2. The first kappa shape index (κ1) is 24.7. The van der Waals surface area contributed by atoms with Crippen molar-refractivity contribution in [1.82, 2.24) is 19.7 Å². The Kier molecular flexibility index (Phi) is 7.14. The molecule has 0 saturated carbocycles. The Bertz CT molecular complexity index is 1660. The standard InChI is InChI=1S/C28H23N5O4S/c1-36-22-12-10-18(15-23(22)37-2)11-13-26(34)30-25-16-21(24-9-6-14-38-24)32-33(25)28-29-20(17-27(35)31-28)19-7-4-3-5-8-19/h3-17H,1-2H3,(H,30,34)(H,29,31,35)/b13-11-. The van der Waals surface area contributed by atoms with Gasteiger partial charge in [-0.3, -0.25) is 14.6 Å². The molecular formula is C28H23N5O4S. The number of nitrogens with zero attached hydrogens (tertiary/aromatic N) is 3. The largest absolute Gasteiger partial charge is 0.493 e. The monoisotopic (exact) mass is 525 g/mol. The Balaban J connectivity index is 1.48. The first-order chi connectivity index (χ1) is 18.5.